The monoisotopic (exact) mass is 566 g/mol. The van der Waals surface area contributed by atoms with Crippen LogP contribution in [0.5, 0.6) is 5.75 Å². The van der Waals surface area contributed by atoms with Crippen LogP contribution in [0.3, 0.4) is 0 Å². The van der Waals surface area contributed by atoms with Crippen LogP contribution in [0.2, 0.25) is 0 Å². The largest absolute Gasteiger partial charge is 0.573 e. The van der Waals surface area contributed by atoms with E-state index in [4.69, 9.17) is 11.3 Å². The van der Waals surface area contributed by atoms with Crippen LogP contribution in [0, 0.1) is 5.53 Å². The Labute approximate surface area is 234 Å². The van der Waals surface area contributed by atoms with Crippen LogP contribution in [0.25, 0.3) is 0 Å². The number of carbonyl (C=O) groups excluding carboxylic acids is 2. The number of nitrogens with zero attached hydrogens (tertiary/aromatic N) is 3. The lowest BCUT2D eigenvalue weighted by molar-refractivity contribution is -0.274. The van der Waals surface area contributed by atoms with Gasteiger partial charge in [0.1, 0.15) is 5.75 Å². The Morgan fingerprint density at radius 2 is 1.59 bits per heavy atom. The number of alkyl halides is 3. The van der Waals surface area contributed by atoms with Crippen molar-refractivity contribution in [2.45, 2.75) is 50.9 Å². The molecule has 9 nitrogen and oxygen atoms in total. The average Bonchev–Trinajstić information content (AvgIpc) is 2.97. The molecule has 1 aliphatic rings. The summed E-state index contributed by atoms with van der Waals surface area (Å²) in [5.41, 5.74) is 15.2. The lowest BCUT2D eigenvalue weighted by atomic mass is 9.84. The zero-order chi connectivity index (χ0) is 29.4. The molecule has 1 saturated carbocycles. The van der Waals surface area contributed by atoms with Crippen LogP contribution in [0.1, 0.15) is 59.5 Å². The first-order valence-corrected chi connectivity index (χ1v) is 13.0. The average molecular weight is 567 g/mol. The molecule has 4 N–H and O–H groups in total. The van der Waals surface area contributed by atoms with Crippen molar-refractivity contribution in [2.75, 3.05) is 10.2 Å². The maximum atomic E-state index is 13.4. The molecule has 1 aliphatic carbocycles. The molecule has 12 heteroatoms. The Hall–Kier alpha value is -4.74. The summed E-state index contributed by atoms with van der Waals surface area (Å²) < 4.78 is 41.4. The molecule has 214 valence electrons. The van der Waals surface area contributed by atoms with E-state index in [0.29, 0.717) is 17.2 Å². The molecule has 3 aromatic rings. The number of aliphatic imine (C=N–C) groups is 1. The number of nitrogens with one attached hydrogen (secondary N) is 2. The molecule has 0 saturated heterocycles. The highest BCUT2D eigenvalue weighted by Crippen LogP contribution is 2.34. The van der Waals surface area contributed by atoms with E-state index in [9.17, 15) is 22.8 Å². The van der Waals surface area contributed by atoms with Crippen molar-refractivity contribution in [1.29, 1.82) is 5.53 Å². The summed E-state index contributed by atoms with van der Waals surface area (Å²) >= 11 is 0. The van der Waals surface area contributed by atoms with E-state index in [0.717, 1.165) is 25.0 Å². The van der Waals surface area contributed by atoms with Crippen LogP contribution in [0.4, 0.5) is 29.3 Å². The second kappa shape index (κ2) is 13.1. The summed E-state index contributed by atoms with van der Waals surface area (Å²) in [6, 6.07) is 18.6. The van der Waals surface area contributed by atoms with Crippen LogP contribution >= 0.6 is 0 Å². The van der Waals surface area contributed by atoms with Gasteiger partial charge < -0.3 is 15.8 Å². The van der Waals surface area contributed by atoms with Gasteiger partial charge in [0.25, 0.3) is 5.91 Å². The third-order valence-corrected chi connectivity index (χ3v) is 6.74. The van der Waals surface area contributed by atoms with E-state index >= 15 is 0 Å². The van der Waals surface area contributed by atoms with Gasteiger partial charge in [-0.15, -0.1) is 18.3 Å². The molecule has 0 spiro atoms. The van der Waals surface area contributed by atoms with Gasteiger partial charge in [-0.3, -0.25) is 9.69 Å². The first-order chi connectivity index (χ1) is 19.6. The minimum atomic E-state index is -4.82. The molecule has 0 radical (unpaired) electrons. The Kier molecular flexibility index (Phi) is 9.33. The smallest absolute Gasteiger partial charge is 0.406 e. The van der Waals surface area contributed by atoms with Gasteiger partial charge in [-0.1, -0.05) is 43.5 Å². The lowest BCUT2D eigenvalue weighted by Crippen LogP contribution is -2.34. The predicted octanol–water partition coefficient (Wildman–Crippen LogP) is 7.36. The van der Waals surface area contributed by atoms with Gasteiger partial charge >= 0.3 is 12.4 Å². The van der Waals surface area contributed by atoms with Crippen LogP contribution < -0.4 is 20.7 Å². The van der Waals surface area contributed by atoms with E-state index in [2.05, 4.69) is 20.2 Å². The molecule has 0 atom stereocenters. The maximum Gasteiger partial charge on any atom is 0.573 e. The number of hydrogen-bond acceptors (Lipinski definition) is 4. The number of nitrogens with two attached hydrogens (primary N) is 1. The molecule has 0 aromatic heterocycles. The third kappa shape index (κ3) is 8.37. The molecule has 0 unspecified atom stereocenters. The third-order valence-electron chi connectivity index (χ3n) is 6.74. The van der Waals surface area contributed by atoms with Crippen molar-refractivity contribution < 1.29 is 27.5 Å². The number of rotatable bonds is 7. The number of guanidine groups is 1. The molecule has 41 heavy (non-hydrogen) atoms. The fourth-order valence-corrected chi connectivity index (χ4v) is 4.70. The van der Waals surface area contributed by atoms with Gasteiger partial charge in [0.05, 0.1) is 6.54 Å². The van der Waals surface area contributed by atoms with Crippen LogP contribution in [-0.4, -0.2) is 24.3 Å². The number of halogens is 3. The van der Waals surface area contributed by atoms with Gasteiger partial charge in [-0.2, -0.15) is 4.99 Å². The number of amides is 3. The fraction of sp³-hybridized carbons (Fsp3) is 0.276. The molecule has 4 rings (SSSR count). The van der Waals surface area contributed by atoms with Crippen LogP contribution in [0.15, 0.2) is 82.9 Å². The van der Waals surface area contributed by atoms with Gasteiger partial charge in [0.15, 0.2) is 0 Å². The molecule has 0 heterocycles. The van der Waals surface area contributed by atoms with Crippen molar-refractivity contribution in [3.63, 3.8) is 0 Å². The van der Waals surface area contributed by atoms with E-state index in [-0.39, 0.29) is 17.8 Å². The SMILES string of the molecule is N=NC(N)=NC(=O)c1ccc(CN(C(=O)Nc2ccc(OC(F)(F)F)cc2)c2ccc(C3CCCCC3)cc2)cc1. The highest BCUT2D eigenvalue weighted by molar-refractivity contribution is 6.03. The summed E-state index contributed by atoms with van der Waals surface area (Å²) in [4.78, 5) is 30.6. The van der Waals surface area contributed by atoms with Gasteiger partial charge in [0, 0.05) is 16.9 Å². The van der Waals surface area contributed by atoms with Crippen LogP contribution in [-0.2, 0) is 6.54 Å². The molecular formula is C29H29F3N6O3. The number of anilines is 2. The minimum absolute atomic E-state index is 0.131. The Morgan fingerprint density at radius 1 is 0.951 bits per heavy atom. The topological polar surface area (TPSA) is 133 Å². The first-order valence-electron chi connectivity index (χ1n) is 13.0. The van der Waals surface area contributed by atoms with Gasteiger partial charge in [-0.25, -0.2) is 10.3 Å². The normalized spacial score (nSPS) is 14.3. The second-order valence-corrected chi connectivity index (χ2v) is 9.60. The highest BCUT2D eigenvalue weighted by Gasteiger charge is 2.31. The number of benzene rings is 3. The zero-order valence-corrected chi connectivity index (χ0v) is 22.0. The summed E-state index contributed by atoms with van der Waals surface area (Å²) in [7, 11) is 0. The number of ether oxygens (including phenoxy) is 1. The van der Waals surface area contributed by atoms with Crippen molar-refractivity contribution >= 4 is 29.3 Å². The Bertz CT molecular complexity index is 1390. The molecule has 3 aromatic carbocycles. The highest BCUT2D eigenvalue weighted by atomic mass is 19.4. The molecular weight excluding hydrogens is 537 g/mol. The molecule has 3 amide bonds. The summed E-state index contributed by atoms with van der Waals surface area (Å²) in [5.74, 6) is -1.03. The van der Waals surface area contributed by atoms with Crippen molar-refractivity contribution in [2.24, 2.45) is 15.8 Å². The molecule has 1 fully saturated rings. The van der Waals surface area contributed by atoms with Crippen molar-refractivity contribution in [3.05, 3.63) is 89.5 Å². The maximum absolute atomic E-state index is 13.4. The lowest BCUT2D eigenvalue weighted by Gasteiger charge is -2.26. The standard InChI is InChI=1S/C29H29F3N6O3/c30-29(31,32)41-25-16-12-23(13-17-25)35-28(40)38(24-14-10-21(11-15-24)20-4-2-1-3-5-20)18-19-6-8-22(9-7-19)26(39)36-27(33)37-34/h6-17,20,34H,1-5,18H2,(H,35,40)(H2,33,36,39). The molecule has 0 bridgehead atoms. The fourth-order valence-electron chi connectivity index (χ4n) is 4.70. The zero-order valence-electron chi connectivity index (χ0n) is 22.0. The van der Waals surface area contributed by atoms with E-state index in [1.807, 2.05) is 24.3 Å². The Morgan fingerprint density at radius 3 is 2.17 bits per heavy atom. The van der Waals surface area contributed by atoms with E-state index in [1.54, 1.807) is 12.1 Å². The quantitative estimate of drug-likeness (QED) is 0.157. The molecule has 0 aliphatic heterocycles. The number of hydrogen-bond donors (Lipinski definition) is 3. The second-order valence-electron chi connectivity index (χ2n) is 9.60. The van der Waals surface area contributed by atoms with Crippen molar-refractivity contribution in [3.8, 4) is 5.75 Å². The van der Waals surface area contributed by atoms with Gasteiger partial charge in [0.2, 0.25) is 5.96 Å². The first kappa shape index (κ1) is 29.2. The van der Waals surface area contributed by atoms with Crippen molar-refractivity contribution in [1.82, 2.24) is 0 Å². The predicted molar refractivity (Wildman–Crippen MR) is 148 cm³/mol. The number of urea groups is 1. The van der Waals surface area contributed by atoms with Gasteiger partial charge in [-0.05, 0) is 78.4 Å². The summed E-state index contributed by atoms with van der Waals surface area (Å²) in [6.45, 7) is 0.131. The minimum Gasteiger partial charge on any atom is -0.406 e. The van der Waals surface area contributed by atoms with E-state index < -0.39 is 30.0 Å². The van der Waals surface area contributed by atoms with E-state index in [1.165, 1.54) is 54.0 Å². The summed E-state index contributed by atoms with van der Waals surface area (Å²) in [6.07, 6.45) is 1.09. The number of carbonyl (C=O) groups is 2. The Balaban J connectivity index is 1.55. The summed E-state index contributed by atoms with van der Waals surface area (Å²) in [5, 5.41) is 5.63.